The van der Waals surface area contributed by atoms with Crippen LogP contribution in [0.1, 0.15) is 13.8 Å². The van der Waals surface area contributed by atoms with Crippen molar-refractivity contribution in [3.05, 3.63) is 79.3 Å². The molecule has 0 aliphatic carbocycles. The molecule has 6 rings (SSSR count). The second kappa shape index (κ2) is 8.94. The molecule has 0 saturated heterocycles. The van der Waals surface area contributed by atoms with Gasteiger partial charge in [-0.15, -0.1) is 0 Å². The largest absolute Gasteiger partial charge is 0.352 e. The summed E-state index contributed by atoms with van der Waals surface area (Å²) < 4.78 is 13.5. The summed E-state index contributed by atoms with van der Waals surface area (Å²) in [6, 6.07) is 12.3. The minimum Gasteiger partial charge on any atom is -0.352 e. The maximum Gasteiger partial charge on any atom is 0.226 e. The van der Waals surface area contributed by atoms with Gasteiger partial charge in [0.05, 0.1) is 35.0 Å². The predicted molar refractivity (Wildman–Crippen MR) is 141 cm³/mol. The number of aromatic nitrogens is 6. The van der Waals surface area contributed by atoms with Crippen molar-refractivity contribution in [2.75, 3.05) is 5.32 Å². The maximum atomic E-state index is 13.5. The lowest BCUT2D eigenvalue weighted by Gasteiger charge is -2.09. The van der Waals surface area contributed by atoms with E-state index in [0.29, 0.717) is 11.3 Å². The Morgan fingerprint density at radius 2 is 1.68 bits per heavy atom. The molecule has 0 aliphatic heterocycles. The highest BCUT2D eigenvalue weighted by Crippen LogP contribution is 2.34. The number of fused-ring (bicyclic) bond motifs is 2. The molecule has 1 aromatic carbocycles. The number of rotatable bonds is 5. The molecule has 0 atom stereocenters. The summed E-state index contributed by atoms with van der Waals surface area (Å²) in [6.45, 7) is 3.68. The zero-order chi connectivity index (χ0) is 25.5. The van der Waals surface area contributed by atoms with Crippen molar-refractivity contribution in [1.82, 2.24) is 30.1 Å². The van der Waals surface area contributed by atoms with Crippen molar-refractivity contribution < 1.29 is 9.18 Å². The first-order valence-electron chi connectivity index (χ1n) is 11.8. The topological polar surface area (TPSA) is 112 Å². The molecule has 1 amide bonds. The number of halogens is 1. The molecule has 8 nitrogen and oxygen atoms in total. The van der Waals surface area contributed by atoms with Crippen LogP contribution in [0.2, 0.25) is 0 Å². The number of hydrogen-bond acceptors (Lipinski definition) is 5. The minimum absolute atomic E-state index is 0.0713. The van der Waals surface area contributed by atoms with E-state index in [0.717, 1.165) is 49.9 Å². The van der Waals surface area contributed by atoms with Crippen LogP contribution in [0.25, 0.3) is 55.6 Å². The molecule has 3 N–H and O–H groups in total. The number of hydrogen-bond donors (Lipinski definition) is 3. The van der Waals surface area contributed by atoms with Crippen molar-refractivity contribution in [3.8, 4) is 33.6 Å². The summed E-state index contributed by atoms with van der Waals surface area (Å²) in [4.78, 5) is 28.7. The molecule has 37 heavy (non-hydrogen) atoms. The Labute approximate surface area is 211 Å². The fourth-order valence-corrected chi connectivity index (χ4v) is 4.26. The van der Waals surface area contributed by atoms with Gasteiger partial charge < -0.3 is 10.3 Å². The van der Waals surface area contributed by atoms with Gasteiger partial charge in [-0.05, 0) is 35.9 Å². The van der Waals surface area contributed by atoms with E-state index >= 15 is 0 Å². The monoisotopic (exact) mass is 491 g/mol. The second-order valence-corrected chi connectivity index (χ2v) is 9.14. The molecular formula is C28H22FN7O. The zero-order valence-corrected chi connectivity index (χ0v) is 20.1. The number of H-pyrrole nitrogens is 2. The van der Waals surface area contributed by atoms with Crippen molar-refractivity contribution in [3.63, 3.8) is 0 Å². The van der Waals surface area contributed by atoms with E-state index in [9.17, 15) is 9.18 Å². The highest BCUT2D eigenvalue weighted by atomic mass is 19.1. The minimum atomic E-state index is -0.283. The van der Waals surface area contributed by atoms with E-state index in [-0.39, 0.29) is 17.6 Å². The highest BCUT2D eigenvalue weighted by Gasteiger charge is 2.16. The van der Waals surface area contributed by atoms with E-state index in [4.69, 9.17) is 0 Å². The Morgan fingerprint density at radius 3 is 2.49 bits per heavy atom. The third kappa shape index (κ3) is 4.20. The van der Waals surface area contributed by atoms with Gasteiger partial charge in [0, 0.05) is 52.0 Å². The van der Waals surface area contributed by atoms with Gasteiger partial charge in [-0.25, -0.2) is 9.37 Å². The van der Waals surface area contributed by atoms with E-state index in [1.807, 2.05) is 32.0 Å². The van der Waals surface area contributed by atoms with Crippen molar-refractivity contribution in [2.45, 2.75) is 13.8 Å². The fourth-order valence-electron chi connectivity index (χ4n) is 4.26. The van der Waals surface area contributed by atoms with Crippen LogP contribution in [0.3, 0.4) is 0 Å². The zero-order valence-electron chi connectivity index (χ0n) is 20.1. The number of carbonyl (C=O) groups excluding carboxylic acids is 1. The van der Waals surface area contributed by atoms with Gasteiger partial charge in [0.15, 0.2) is 5.65 Å². The van der Waals surface area contributed by atoms with Crippen LogP contribution >= 0.6 is 0 Å². The molecular weight excluding hydrogens is 469 g/mol. The van der Waals surface area contributed by atoms with Gasteiger partial charge in [-0.3, -0.25) is 19.9 Å². The van der Waals surface area contributed by atoms with Gasteiger partial charge in [-0.2, -0.15) is 5.10 Å². The van der Waals surface area contributed by atoms with E-state index in [2.05, 4.69) is 35.5 Å². The Hall–Kier alpha value is -4.92. The van der Waals surface area contributed by atoms with Crippen LogP contribution in [0.5, 0.6) is 0 Å². The van der Waals surface area contributed by atoms with E-state index in [1.165, 1.54) is 12.1 Å². The van der Waals surface area contributed by atoms with Gasteiger partial charge in [0.25, 0.3) is 0 Å². The van der Waals surface area contributed by atoms with Gasteiger partial charge in [0.1, 0.15) is 5.82 Å². The summed E-state index contributed by atoms with van der Waals surface area (Å²) in [7, 11) is 0. The van der Waals surface area contributed by atoms with Gasteiger partial charge in [-0.1, -0.05) is 26.0 Å². The maximum absolute atomic E-state index is 13.5. The molecule has 6 aromatic rings. The molecule has 0 unspecified atom stereocenters. The van der Waals surface area contributed by atoms with Crippen molar-refractivity contribution in [2.24, 2.45) is 5.92 Å². The Morgan fingerprint density at radius 1 is 0.892 bits per heavy atom. The predicted octanol–water partition coefficient (Wildman–Crippen LogP) is 5.96. The third-order valence-electron chi connectivity index (χ3n) is 6.24. The molecule has 9 heteroatoms. The molecule has 0 saturated carbocycles. The molecule has 5 heterocycles. The quantitative estimate of drug-likeness (QED) is 0.275. The lowest BCUT2D eigenvalue weighted by atomic mass is 10.0. The van der Waals surface area contributed by atoms with Crippen LogP contribution in [-0.2, 0) is 4.79 Å². The molecule has 0 aliphatic rings. The Bertz CT molecular complexity index is 1770. The molecule has 0 fully saturated rings. The van der Waals surface area contributed by atoms with Gasteiger partial charge in [0.2, 0.25) is 5.91 Å². The first-order valence-corrected chi connectivity index (χ1v) is 11.8. The lowest BCUT2D eigenvalue weighted by Crippen LogP contribution is -2.17. The number of aromatic amines is 2. The van der Waals surface area contributed by atoms with Crippen LogP contribution in [0.15, 0.2) is 73.4 Å². The number of carbonyl (C=O) groups is 1. The van der Waals surface area contributed by atoms with Crippen molar-refractivity contribution in [1.29, 1.82) is 0 Å². The summed E-state index contributed by atoms with van der Waals surface area (Å²) in [5.74, 6) is -0.489. The van der Waals surface area contributed by atoms with Crippen LogP contribution < -0.4 is 5.32 Å². The molecule has 0 radical (unpaired) electrons. The molecule has 0 spiro atoms. The van der Waals surface area contributed by atoms with Crippen LogP contribution in [-0.4, -0.2) is 36.0 Å². The van der Waals surface area contributed by atoms with E-state index < -0.39 is 0 Å². The normalized spacial score (nSPS) is 11.5. The smallest absolute Gasteiger partial charge is 0.226 e. The first-order chi connectivity index (χ1) is 18.0. The summed E-state index contributed by atoms with van der Waals surface area (Å²) >= 11 is 0. The van der Waals surface area contributed by atoms with E-state index in [1.54, 1.807) is 43.1 Å². The third-order valence-corrected chi connectivity index (χ3v) is 6.24. The number of amides is 1. The standard InChI is InChI=1S/C28H22FN7O/c1-15(2)28(37)33-20-7-17(10-30-12-20)18-8-22-26(35-36-27(22)32-11-18)24-9-21-23(13-31-14-25(21)34-24)16-3-5-19(29)6-4-16/h3-15,34H,1-2H3,(H,33,37)(H,32,35,36). The Balaban J connectivity index is 1.41. The molecule has 182 valence electrons. The molecule has 5 aromatic heterocycles. The van der Waals surface area contributed by atoms with Crippen LogP contribution in [0.4, 0.5) is 10.1 Å². The number of benzene rings is 1. The summed E-state index contributed by atoms with van der Waals surface area (Å²) in [5, 5.41) is 12.2. The number of anilines is 1. The number of pyridine rings is 3. The Kier molecular flexibility index (Phi) is 5.45. The lowest BCUT2D eigenvalue weighted by molar-refractivity contribution is -0.118. The van der Waals surface area contributed by atoms with Crippen LogP contribution in [0, 0.1) is 11.7 Å². The fraction of sp³-hybridized carbons (Fsp3) is 0.107. The molecule has 0 bridgehead atoms. The van der Waals surface area contributed by atoms with Crippen molar-refractivity contribution >= 4 is 33.5 Å². The SMILES string of the molecule is CC(C)C(=O)Nc1cncc(-c2cnc3n[nH]c(-c4cc5c(-c6ccc(F)cc6)cncc5[nH]4)c3c2)c1. The number of nitrogens with zero attached hydrogens (tertiary/aromatic N) is 4. The number of nitrogens with one attached hydrogen (secondary N) is 3. The average molecular weight is 492 g/mol. The van der Waals surface area contributed by atoms with Gasteiger partial charge >= 0.3 is 0 Å². The first kappa shape index (κ1) is 22.5. The highest BCUT2D eigenvalue weighted by molar-refractivity contribution is 6.00. The average Bonchev–Trinajstić information content (AvgIpc) is 3.53. The second-order valence-electron chi connectivity index (χ2n) is 9.14. The summed E-state index contributed by atoms with van der Waals surface area (Å²) in [6.07, 6.45) is 8.62. The summed E-state index contributed by atoms with van der Waals surface area (Å²) in [5.41, 5.74) is 7.09.